The molecule has 1 atom stereocenters. The molecule has 3 nitrogen and oxygen atoms in total. The van der Waals surface area contributed by atoms with Gasteiger partial charge in [0.15, 0.2) is 0 Å². The number of nitrogens with two attached hydrogens (primary N) is 1. The average Bonchev–Trinajstić information content (AvgIpc) is 2.79. The van der Waals surface area contributed by atoms with Crippen molar-refractivity contribution in [2.75, 3.05) is 0 Å². The van der Waals surface area contributed by atoms with Crippen LogP contribution >= 0.6 is 0 Å². The lowest BCUT2D eigenvalue weighted by atomic mass is 10.1. The number of nitrogens with zero attached hydrogens (tertiary/aromatic N) is 1. The smallest absolute Gasteiger partial charge is 0.123 e. The second-order valence-corrected chi connectivity index (χ2v) is 5.13. The zero-order valence-corrected chi connectivity index (χ0v) is 11.1. The number of hydrogen-bond acceptors (Lipinski definition) is 3. The van der Waals surface area contributed by atoms with Gasteiger partial charge in [-0.05, 0) is 48.6 Å². The van der Waals surface area contributed by atoms with Crippen LogP contribution < -0.4 is 10.5 Å². The van der Waals surface area contributed by atoms with Crippen LogP contribution in [0.15, 0.2) is 36.7 Å². The van der Waals surface area contributed by atoms with Crippen LogP contribution in [0.3, 0.4) is 0 Å². The van der Waals surface area contributed by atoms with Gasteiger partial charge < -0.3 is 10.5 Å². The number of ether oxygens (including phenoxy) is 1. The number of benzene rings is 1. The van der Waals surface area contributed by atoms with E-state index in [4.69, 9.17) is 10.5 Å². The molecule has 3 rings (SSSR count). The Labute approximate surface area is 113 Å². The highest BCUT2D eigenvalue weighted by atomic mass is 16.5. The molecule has 1 aliphatic carbocycles. The van der Waals surface area contributed by atoms with E-state index in [9.17, 15) is 0 Å². The number of aryl methyl sites for hydroxylation is 1. The minimum Gasteiger partial charge on any atom is -0.489 e. The van der Waals surface area contributed by atoms with Gasteiger partial charge in [0.25, 0.3) is 0 Å². The molecular formula is C16H18N2O. The van der Waals surface area contributed by atoms with Gasteiger partial charge in [-0.25, -0.2) is 0 Å². The van der Waals surface area contributed by atoms with Crippen LogP contribution in [-0.2, 0) is 13.0 Å². The molecule has 0 spiro atoms. The van der Waals surface area contributed by atoms with Crippen LogP contribution in [0.2, 0.25) is 0 Å². The predicted octanol–water partition coefficient (Wildman–Crippen LogP) is 2.92. The van der Waals surface area contributed by atoms with E-state index in [-0.39, 0.29) is 6.04 Å². The van der Waals surface area contributed by atoms with Gasteiger partial charge in [0, 0.05) is 24.0 Å². The van der Waals surface area contributed by atoms with E-state index in [2.05, 4.69) is 17.1 Å². The standard InChI is InChI=1S/C16H18N2O/c1-11-7-12(9-18-8-11)10-19-16-4-2-3-13-14(16)5-6-15(13)17/h2-4,7-9,15H,5-6,10,17H2,1H3. The second kappa shape index (κ2) is 5.02. The highest BCUT2D eigenvalue weighted by molar-refractivity contribution is 5.45. The summed E-state index contributed by atoms with van der Waals surface area (Å²) >= 11 is 0. The van der Waals surface area contributed by atoms with Gasteiger partial charge in [-0.3, -0.25) is 4.98 Å². The topological polar surface area (TPSA) is 48.1 Å². The lowest BCUT2D eigenvalue weighted by Crippen LogP contribution is -2.05. The van der Waals surface area contributed by atoms with Gasteiger partial charge in [-0.1, -0.05) is 12.1 Å². The summed E-state index contributed by atoms with van der Waals surface area (Å²) < 4.78 is 5.94. The van der Waals surface area contributed by atoms with E-state index in [1.165, 1.54) is 11.1 Å². The Balaban J connectivity index is 1.78. The largest absolute Gasteiger partial charge is 0.489 e. The summed E-state index contributed by atoms with van der Waals surface area (Å²) in [7, 11) is 0. The van der Waals surface area contributed by atoms with Crippen molar-refractivity contribution in [3.8, 4) is 5.75 Å². The summed E-state index contributed by atoms with van der Waals surface area (Å²) in [4.78, 5) is 4.18. The van der Waals surface area contributed by atoms with Crippen molar-refractivity contribution < 1.29 is 4.74 Å². The van der Waals surface area contributed by atoms with Crippen molar-refractivity contribution in [1.29, 1.82) is 0 Å². The lowest BCUT2D eigenvalue weighted by Gasteiger charge is -2.11. The fourth-order valence-electron chi connectivity index (χ4n) is 2.65. The third kappa shape index (κ3) is 2.47. The Bertz CT molecular complexity index is 595. The maximum atomic E-state index is 6.08. The minimum absolute atomic E-state index is 0.166. The first kappa shape index (κ1) is 12.2. The van der Waals surface area contributed by atoms with Crippen LogP contribution in [0.1, 0.15) is 34.7 Å². The number of pyridine rings is 1. The van der Waals surface area contributed by atoms with Gasteiger partial charge in [0.2, 0.25) is 0 Å². The summed E-state index contributed by atoms with van der Waals surface area (Å²) in [5.41, 5.74) is 10.8. The molecule has 1 aromatic carbocycles. The van der Waals surface area contributed by atoms with E-state index in [1.54, 1.807) is 0 Å². The Morgan fingerprint density at radius 3 is 3.11 bits per heavy atom. The normalized spacial score (nSPS) is 17.3. The number of aromatic nitrogens is 1. The third-order valence-corrected chi connectivity index (χ3v) is 3.60. The number of hydrogen-bond donors (Lipinski definition) is 1. The second-order valence-electron chi connectivity index (χ2n) is 5.13. The van der Waals surface area contributed by atoms with Crippen LogP contribution in [0.25, 0.3) is 0 Å². The summed E-state index contributed by atoms with van der Waals surface area (Å²) in [5, 5.41) is 0. The molecule has 1 unspecified atom stereocenters. The highest BCUT2D eigenvalue weighted by Gasteiger charge is 2.21. The number of fused-ring (bicyclic) bond motifs is 1. The van der Waals surface area contributed by atoms with E-state index < -0.39 is 0 Å². The van der Waals surface area contributed by atoms with Gasteiger partial charge >= 0.3 is 0 Å². The minimum atomic E-state index is 0.166. The van der Waals surface area contributed by atoms with Crippen molar-refractivity contribution in [3.63, 3.8) is 0 Å². The van der Waals surface area contributed by atoms with E-state index in [0.717, 1.165) is 29.7 Å². The predicted molar refractivity (Wildman–Crippen MR) is 75.0 cm³/mol. The fourth-order valence-corrected chi connectivity index (χ4v) is 2.65. The van der Waals surface area contributed by atoms with Crippen molar-refractivity contribution >= 4 is 0 Å². The Kier molecular flexibility index (Phi) is 3.22. The van der Waals surface area contributed by atoms with E-state index in [0.29, 0.717) is 6.61 Å². The zero-order valence-electron chi connectivity index (χ0n) is 11.1. The van der Waals surface area contributed by atoms with Crippen molar-refractivity contribution in [2.45, 2.75) is 32.4 Å². The molecule has 0 aliphatic heterocycles. The van der Waals surface area contributed by atoms with Crippen molar-refractivity contribution in [3.05, 3.63) is 58.9 Å². The van der Waals surface area contributed by atoms with E-state index >= 15 is 0 Å². The molecular weight excluding hydrogens is 236 g/mol. The molecule has 0 saturated carbocycles. The van der Waals surface area contributed by atoms with Gasteiger partial charge in [-0.15, -0.1) is 0 Å². The molecule has 0 fully saturated rings. The first-order valence-corrected chi connectivity index (χ1v) is 6.65. The molecule has 1 aliphatic rings. The maximum absolute atomic E-state index is 6.08. The number of rotatable bonds is 3. The Morgan fingerprint density at radius 1 is 1.37 bits per heavy atom. The van der Waals surface area contributed by atoms with Crippen molar-refractivity contribution in [1.82, 2.24) is 4.98 Å². The molecule has 2 N–H and O–H groups in total. The maximum Gasteiger partial charge on any atom is 0.123 e. The van der Waals surface area contributed by atoms with Crippen LogP contribution in [0.5, 0.6) is 5.75 Å². The molecule has 1 heterocycles. The first-order chi connectivity index (χ1) is 9.24. The summed E-state index contributed by atoms with van der Waals surface area (Å²) in [6.07, 6.45) is 5.73. The first-order valence-electron chi connectivity index (χ1n) is 6.65. The molecule has 2 aromatic rings. The van der Waals surface area contributed by atoms with Crippen LogP contribution in [-0.4, -0.2) is 4.98 Å². The quantitative estimate of drug-likeness (QED) is 0.916. The summed E-state index contributed by atoms with van der Waals surface area (Å²) in [6.45, 7) is 2.59. The molecule has 0 amide bonds. The molecule has 98 valence electrons. The lowest BCUT2D eigenvalue weighted by molar-refractivity contribution is 0.303. The summed E-state index contributed by atoms with van der Waals surface area (Å²) in [6, 6.07) is 8.42. The highest BCUT2D eigenvalue weighted by Crippen LogP contribution is 2.35. The van der Waals surface area contributed by atoms with Crippen LogP contribution in [0.4, 0.5) is 0 Å². The average molecular weight is 254 g/mol. The van der Waals surface area contributed by atoms with Gasteiger partial charge in [0.1, 0.15) is 12.4 Å². The monoisotopic (exact) mass is 254 g/mol. The Morgan fingerprint density at radius 2 is 2.26 bits per heavy atom. The molecule has 0 radical (unpaired) electrons. The molecule has 3 heteroatoms. The van der Waals surface area contributed by atoms with Gasteiger partial charge in [-0.2, -0.15) is 0 Å². The van der Waals surface area contributed by atoms with Gasteiger partial charge in [0.05, 0.1) is 0 Å². The van der Waals surface area contributed by atoms with E-state index in [1.807, 2.05) is 31.5 Å². The SMILES string of the molecule is Cc1cncc(COc2cccc3c2CCC3N)c1. The molecule has 0 bridgehead atoms. The fraction of sp³-hybridized carbons (Fsp3) is 0.312. The summed E-state index contributed by atoms with van der Waals surface area (Å²) in [5.74, 6) is 0.965. The van der Waals surface area contributed by atoms with Crippen LogP contribution in [0, 0.1) is 6.92 Å². The molecule has 1 aromatic heterocycles. The Hall–Kier alpha value is -1.87. The van der Waals surface area contributed by atoms with Crippen molar-refractivity contribution in [2.24, 2.45) is 5.73 Å². The zero-order chi connectivity index (χ0) is 13.2. The molecule has 0 saturated heterocycles. The molecule has 19 heavy (non-hydrogen) atoms. The third-order valence-electron chi connectivity index (χ3n) is 3.60.